The summed E-state index contributed by atoms with van der Waals surface area (Å²) < 4.78 is 0. The van der Waals surface area contributed by atoms with Crippen molar-refractivity contribution in [3.8, 4) is 10.6 Å². The number of hydrogen-bond donors (Lipinski definition) is 2. The molecule has 1 amide bonds. The summed E-state index contributed by atoms with van der Waals surface area (Å²) in [6, 6.07) is 15.2. The maximum atomic E-state index is 12.6. The Labute approximate surface area is 163 Å². The first-order chi connectivity index (χ1) is 12.6. The van der Waals surface area contributed by atoms with Gasteiger partial charge in [0.15, 0.2) is 0 Å². The van der Waals surface area contributed by atoms with E-state index in [1.54, 1.807) is 23.5 Å². The van der Waals surface area contributed by atoms with Crippen LogP contribution in [-0.2, 0) is 6.54 Å². The summed E-state index contributed by atoms with van der Waals surface area (Å²) in [7, 11) is 0. The molecule has 3 N–H and O–H groups in total. The SMILES string of the molecule is Nc1c(C(=O)NCc2ccc(Cl)cc2)sc2nc(-c3cccs3)ccc12. The number of hydrogen-bond acceptors (Lipinski definition) is 5. The molecule has 0 spiro atoms. The molecule has 0 aliphatic carbocycles. The molecule has 7 heteroatoms. The van der Waals surface area contributed by atoms with Gasteiger partial charge in [-0.1, -0.05) is 29.8 Å². The molecule has 0 saturated heterocycles. The molecule has 3 aromatic heterocycles. The number of fused-ring (bicyclic) bond motifs is 1. The molecule has 130 valence electrons. The zero-order valence-electron chi connectivity index (χ0n) is 13.5. The van der Waals surface area contributed by atoms with Gasteiger partial charge in [0, 0.05) is 17.0 Å². The highest BCUT2D eigenvalue weighted by atomic mass is 35.5. The Morgan fingerprint density at radius 2 is 1.96 bits per heavy atom. The molecule has 0 bridgehead atoms. The number of pyridine rings is 1. The van der Waals surface area contributed by atoms with Crippen LogP contribution in [0.1, 0.15) is 15.2 Å². The van der Waals surface area contributed by atoms with Gasteiger partial charge >= 0.3 is 0 Å². The molecule has 0 aliphatic rings. The summed E-state index contributed by atoms with van der Waals surface area (Å²) in [4.78, 5) is 19.6. The smallest absolute Gasteiger partial charge is 0.263 e. The topological polar surface area (TPSA) is 68.0 Å². The quantitative estimate of drug-likeness (QED) is 0.496. The van der Waals surface area contributed by atoms with Gasteiger partial charge in [0.2, 0.25) is 0 Å². The average Bonchev–Trinajstić information content (AvgIpc) is 3.29. The number of benzene rings is 1. The number of nitrogens with one attached hydrogen (secondary N) is 1. The van der Waals surface area contributed by atoms with E-state index < -0.39 is 0 Å². The average molecular weight is 400 g/mol. The molecule has 26 heavy (non-hydrogen) atoms. The van der Waals surface area contributed by atoms with E-state index in [2.05, 4.69) is 10.3 Å². The Kier molecular flexibility index (Phi) is 4.63. The van der Waals surface area contributed by atoms with Crippen LogP contribution >= 0.6 is 34.3 Å². The molecule has 0 aliphatic heterocycles. The number of rotatable bonds is 4. The summed E-state index contributed by atoms with van der Waals surface area (Å²) in [6.07, 6.45) is 0. The normalized spacial score (nSPS) is 11.0. The highest BCUT2D eigenvalue weighted by Crippen LogP contribution is 2.34. The first kappa shape index (κ1) is 17.0. The Hall–Kier alpha value is -2.41. The summed E-state index contributed by atoms with van der Waals surface area (Å²) in [6.45, 7) is 0.414. The van der Waals surface area contributed by atoms with Crippen LogP contribution in [0.4, 0.5) is 5.69 Å². The van der Waals surface area contributed by atoms with Crippen LogP contribution in [0.2, 0.25) is 5.02 Å². The number of nitrogens with two attached hydrogens (primary N) is 1. The van der Waals surface area contributed by atoms with Crippen molar-refractivity contribution in [2.75, 3.05) is 5.73 Å². The maximum absolute atomic E-state index is 12.6. The number of aromatic nitrogens is 1. The molecule has 3 heterocycles. The fourth-order valence-corrected chi connectivity index (χ4v) is 4.42. The Morgan fingerprint density at radius 1 is 1.15 bits per heavy atom. The molecular formula is C19H14ClN3OS2. The second-order valence-electron chi connectivity index (χ2n) is 5.68. The van der Waals surface area contributed by atoms with Crippen molar-refractivity contribution in [2.24, 2.45) is 0 Å². The van der Waals surface area contributed by atoms with Crippen molar-refractivity contribution in [1.29, 1.82) is 0 Å². The number of nitrogen functional groups attached to an aromatic ring is 1. The largest absolute Gasteiger partial charge is 0.397 e. The van der Waals surface area contributed by atoms with Crippen LogP contribution in [0.3, 0.4) is 0 Å². The fraction of sp³-hybridized carbons (Fsp3) is 0.0526. The molecular weight excluding hydrogens is 386 g/mol. The lowest BCUT2D eigenvalue weighted by atomic mass is 10.2. The summed E-state index contributed by atoms with van der Waals surface area (Å²) >= 11 is 8.82. The molecule has 4 aromatic rings. The predicted molar refractivity (Wildman–Crippen MR) is 110 cm³/mol. The van der Waals surface area contributed by atoms with Gasteiger partial charge in [-0.25, -0.2) is 4.98 Å². The lowest BCUT2D eigenvalue weighted by Crippen LogP contribution is -2.22. The van der Waals surface area contributed by atoms with Crippen LogP contribution in [0.5, 0.6) is 0 Å². The fourth-order valence-electron chi connectivity index (χ4n) is 2.59. The molecule has 4 nitrogen and oxygen atoms in total. The van der Waals surface area contributed by atoms with E-state index in [0.29, 0.717) is 22.1 Å². The van der Waals surface area contributed by atoms with E-state index in [-0.39, 0.29) is 5.91 Å². The highest BCUT2D eigenvalue weighted by Gasteiger charge is 2.17. The maximum Gasteiger partial charge on any atom is 0.263 e. The van der Waals surface area contributed by atoms with E-state index in [0.717, 1.165) is 26.4 Å². The third-order valence-electron chi connectivity index (χ3n) is 3.94. The molecule has 0 saturated carbocycles. The number of carbonyl (C=O) groups is 1. The van der Waals surface area contributed by atoms with E-state index in [9.17, 15) is 4.79 Å². The number of carbonyl (C=O) groups excluding carboxylic acids is 1. The van der Waals surface area contributed by atoms with E-state index >= 15 is 0 Å². The molecule has 0 radical (unpaired) electrons. The summed E-state index contributed by atoms with van der Waals surface area (Å²) in [5.74, 6) is -0.196. The number of amides is 1. The first-order valence-electron chi connectivity index (χ1n) is 7.87. The first-order valence-corrected chi connectivity index (χ1v) is 9.95. The minimum atomic E-state index is -0.196. The molecule has 0 fully saturated rings. The highest BCUT2D eigenvalue weighted by molar-refractivity contribution is 7.21. The van der Waals surface area contributed by atoms with Gasteiger partial charge in [0.05, 0.1) is 16.3 Å². The zero-order valence-corrected chi connectivity index (χ0v) is 15.9. The molecule has 4 rings (SSSR count). The minimum Gasteiger partial charge on any atom is -0.397 e. The minimum absolute atomic E-state index is 0.196. The van der Waals surface area contributed by atoms with E-state index in [1.165, 1.54) is 11.3 Å². The second-order valence-corrected chi connectivity index (χ2v) is 8.06. The predicted octanol–water partition coefficient (Wildman–Crippen LogP) is 5.19. The lowest BCUT2D eigenvalue weighted by Gasteiger charge is -2.04. The molecule has 1 aromatic carbocycles. The van der Waals surface area contributed by atoms with Crippen molar-refractivity contribution in [3.05, 3.63) is 69.4 Å². The van der Waals surface area contributed by atoms with Gasteiger partial charge in [-0.2, -0.15) is 0 Å². The molecule has 0 unspecified atom stereocenters. The van der Waals surface area contributed by atoms with Gasteiger partial charge < -0.3 is 11.1 Å². The van der Waals surface area contributed by atoms with Crippen LogP contribution < -0.4 is 11.1 Å². The lowest BCUT2D eigenvalue weighted by molar-refractivity contribution is 0.0956. The monoisotopic (exact) mass is 399 g/mol. The number of anilines is 1. The second kappa shape index (κ2) is 7.07. The van der Waals surface area contributed by atoms with E-state index in [4.69, 9.17) is 17.3 Å². The van der Waals surface area contributed by atoms with Gasteiger partial charge in [-0.05, 0) is 41.3 Å². The van der Waals surface area contributed by atoms with Crippen molar-refractivity contribution in [3.63, 3.8) is 0 Å². The van der Waals surface area contributed by atoms with Gasteiger partial charge in [-0.15, -0.1) is 22.7 Å². The van der Waals surface area contributed by atoms with Crippen LogP contribution in [-0.4, -0.2) is 10.9 Å². The summed E-state index contributed by atoms with van der Waals surface area (Å²) in [5, 5.41) is 6.39. The van der Waals surface area contributed by atoms with Gasteiger partial charge in [0.1, 0.15) is 9.71 Å². The van der Waals surface area contributed by atoms with Crippen molar-refractivity contribution >= 4 is 56.1 Å². The Morgan fingerprint density at radius 3 is 2.69 bits per heavy atom. The van der Waals surface area contributed by atoms with E-state index in [1.807, 2.05) is 41.8 Å². The van der Waals surface area contributed by atoms with Gasteiger partial charge in [-0.3, -0.25) is 4.79 Å². The van der Waals surface area contributed by atoms with Crippen LogP contribution in [0.25, 0.3) is 20.8 Å². The summed E-state index contributed by atoms with van der Waals surface area (Å²) in [5.41, 5.74) is 8.53. The van der Waals surface area contributed by atoms with Crippen LogP contribution in [0.15, 0.2) is 53.9 Å². The van der Waals surface area contributed by atoms with Gasteiger partial charge in [0.25, 0.3) is 5.91 Å². The Bertz CT molecular complexity index is 1070. The third-order valence-corrected chi connectivity index (χ3v) is 6.20. The Balaban J connectivity index is 1.58. The zero-order chi connectivity index (χ0) is 18.1. The van der Waals surface area contributed by atoms with Crippen molar-refractivity contribution < 1.29 is 4.79 Å². The number of halogens is 1. The standard InChI is InChI=1S/C19H14ClN3OS2/c20-12-5-3-11(4-6-12)10-22-18(24)17-16(21)13-7-8-14(23-19(13)26-17)15-2-1-9-25-15/h1-9H,10,21H2,(H,22,24). The van der Waals surface area contributed by atoms with Crippen molar-refractivity contribution in [1.82, 2.24) is 10.3 Å². The van der Waals surface area contributed by atoms with Crippen LogP contribution in [0, 0.1) is 0 Å². The molecule has 0 atom stereocenters. The number of thiophene rings is 2. The number of nitrogens with zero attached hydrogens (tertiary/aromatic N) is 1. The van der Waals surface area contributed by atoms with Crippen molar-refractivity contribution in [2.45, 2.75) is 6.54 Å². The third kappa shape index (κ3) is 3.31.